The number of methoxy groups -OCH3 is 1. The molecule has 37 heteroatoms. The lowest BCUT2D eigenvalue weighted by molar-refractivity contribution is -0.0603. The number of aryl methyl sites for hydroxylation is 4. The maximum Gasteiger partial charge on any atom is 0.255 e. The van der Waals surface area contributed by atoms with Crippen LogP contribution in [0.1, 0.15) is 239 Å². The predicted octanol–water partition coefficient (Wildman–Crippen LogP) is 16.6. The van der Waals surface area contributed by atoms with E-state index in [4.69, 9.17) is 42.6 Å². The van der Waals surface area contributed by atoms with E-state index < -0.39 is 129 Å². The molecule has 8 atom stereocenters. The lowest BCUT2D eigenvalue weighted by atomic mass is 9.86. The molecule has 6 aliphatic rings. The quantitative estimate of drug-likeness (QED) is 0.0207. The van der Waals surface area contributed by atoms with Gasteiger partial charge in [-0.2, -0.15) is 0 Å². The first-order valence-corrected chi connectivity index (χ1v) is 54.8. The van der Waals surface area contributed by atoms with E-state index in [0.29, 0.717) is 110 Å². The number of carbonyl (C=O) groups is 4. The van der Waals surface area contributed by atoms with Gasteiger partial charge in [0, 0.05) is 80.1 Å². The van der Waals surface area contributed by atoms with Gasteiger partial charge in [-0.25, -0.2) is 52.6 Å². The Balaban J connectivity index is 0.000000155. The topological polar surface area (TPSA) is 465 Å². The molecule has 4 amide bonds. The third kappa shape index (κ3) is 25.9. The van der Waals surface area contributed by atoms with Crippen LogP contribution in [0.15, 0.2) is 250 Å². The number of anilines is 3. The Labute approximate surface area is 858 Å². The molecular formula is C110H128N8O25S4. The van der Waals surface area contributed by atoms with Gasteiger partial charge < -0.3 is 84.3 Å². The number of benzene rings is 11. The van der Waals surface area contributed by atoms with Crippen LogP contribution in [0.3, 0.4) is 0 Å². The van der Waals surface area contributed by atoms with Gasteiger partial charge in [0.1, 0.15) is 87.1 Å². The lowest BCUT2D eigenvalue weighted by Gasteiger charge is -2.42. The SMILES string of the molecule is CCOc1ccc(OCC)c(NC(=O)c2ccc3c(c2)[C@@H](NS(=O)(=O)c2ccc(CC)cc2)[C@H](O)C(C)(C)O3)c1.CCc1ccc(S(=O)(=O)N[C@@H]2c3cc(C(=O)NC4CCCCC4)ccc3OC(C)(C)[C@H]2O)cc1.CCc1ccc(S(=O)(=O)N[C@@H]2c3cc(C(=O)Nc4ccc5c(c4)OCO5)ccc3OC(C)(C)[C@H]2O)cc1.CCc1ccc(S(=O)(=O)N[C@@H]2c3cc(C(=O)Nc4cccc(OC)c4)ccc3OC(C)(C)[C@H]2O)cc1. The number of sulfonamides is 4. The maximum atomic E-state index is 13.4. The summed E-state index contributed by atoms with van der Waals surface area (Å²) >= 11 is 0. The van der Waals surface area contributed by atoms with Crippen molar-refractivity contribution in [2.45, 2.75) is 251 Å². The van der Waals surface area contributed by atoms with Gasteiger partial charge in [-0.15, -0.1) is 0 Å². The number of ether oxygens (including phenoxy) is 9. The highest BCUT2D eigenvalue weighted by Gasteiger charge is 2.50. The molecule has 1 saturated carbocycles. The smallest absolute Gasteiger partial charge is 0.255 e. The molecule has 1 fully saturated rings. The van der Waals surface area contributed by atoms with Crippen molar-refractivity contribution in [3.63, 3.8) is 0 Å². The number of hydrogen-bond acceptors (Lipinski definition) is 25. The van der Waals surface area contributed by atoms with E-state index in [2.05, 4.69) is 40.2 Å². The van der Waals surface area contributed by atoms with E-state index in [1.54, 1.807) is 231 Å². The number of carbonyl (C=O) groups excluding carboxylic acids is 4. The third-order valence-electron chi connectivity index (χ3n) is 26.4. The molecule has 0 bridgehead atoms. The summed E-state index contributed by atoms with van der Waals surface area (Å²) < 4.78 is 168. The fourth-order valence-electron chi connectivity index (χ4n) is 17.8. The number of hydrogen-bond donors (Lipinski definition) is 12. The van der Waals surface area contributed by atoms with Crippen molar-refractivity contribution in [3.8, 4) is 51.7 Å². The molecule has 33 nitrogen and oxygen atoms in total. The second kappa shape index (κ2) is 45.8. The van der Waals surface area contributed by atoms with Crippen LogP contribution in [-0.4, -0.2) is 158 Å². The summed E-state index contributed by atoms with van der Waals surface area (Å²) in [4.78, 5) is 52.7. The standard InChI is InChI=1S/C30H36N2O7S.C27H28N2O7S.C27H30N2O6S.C26H34N2O5S/c1-6-19-9-13-22(14-10-19)40(35,36)32-27-23-17-20(11-15-25(23)39-30(4,5)28(27)33)29(34)31-24-18-21(37-7-2)12-16-26(24)38-8-3;1-4-16-5-9-19(10-6-16)37(32,33)29-24-20-13-17(7-11-21(20)36-27(2,3)25(24)30)26(31)28-18-8-12-22-23(14-18)35-15-34-22;1-5-17-9-12-21(13-10-17)36(32,33)29-24-22-15-18(11-14-23(22)35-27(2,3)25(24)30)26(31)28-19-7-6-8-20(16-19)34-4;1-4-17-10-13-20(14-11-17)34(31,32)28-23-21-16-18(25(30)27-19-8-6-5-7-9-19)12-15-22(21)33-26(2,3)24(23)29/h9-18,27-28,32-33H,6-8H2,1-5H3,(H,31,34);5-14,24-25,29-30H,4,15H2,1-3H3,(H,28,31);6-16,24-25,29-30H,5H2,1-4H3,(H,28,31);10-16,19,23-24,28-29H,4-9H2,1-3H3,(H,27,30)/t27-,28+;2*24-,25+;23-,24+/m1111/s1. The molecule has 782 valence electrons. The summed E-state index contributed by atoms with van der Waals surface area (Å²) in [7, 11) is -14.4. The van der Waals surface area contributed by atoms with Gasteiger partial charge in [0.15, 0.2) is 11.5 Å². The fourth-order valence-corrected chi connectivity index (χ4v) is 22.7. The largest absolute Gasteiger partial charge is 0.497 e. The minimum absolute atomic E-state index is 0.0780. The zero-order valence-corrected chi connectivity index (χ0v) is 87.9. The second-order valence-electron chi connectivity index (χ2n) is 38.5. The molecule has 0 spiro atoms. The van der Waals surface area contributed by atoms with Crippen LogP contribution in [0.5, 0.6) is 51.7 Å². The summed E-state index contributed by atoms with van der Waals surface area (Å²) in [6.45, 7) is 26.2. The molecule has 11 aromatic carbocycles. The Hall–Kier alpha value is -13.0. The van der Waals surface area contributed by atoms with Crippen molar-refractivity contribution in [3.05, 3.63) is 297 Å². The van der Waals surface area contributed by atoms with Gasteiger partial charge in [-0.05, 0) is 288 Å². The minimum atomic E-state index is -4.01. The van der Waals surface area contributed by atoms with Crippen LogP contribution in [0.25, 0.3) is 0 Å². The Morgan fingerprint density at radius 2 is 0.667 bits per heavy atom. The molecule has 1 aliphatic carbocycles. The van der Waals surface area contributed by atoms with Crippen LogP contribution in [0.4, 0.5) is 17.1 Å². The number of aliphatic hydroxyl groups is 4. The summed E-state index contributed by atoms with van der Waals surface area (Å²) in [6, 6.07) is 58.8. The van der Waals surface area contributed by atoms with E-state index in [0.717, 1.165) is 73.6 Å². The van der Waals surface area contributed by atoms with Gasteiger partial charge >= 0.3 is 0 Å². The van der Waals surface area contributed by atoms with Gasteiger partial charge in [-0.1, -0.05) is 102 Å². The van der Waals surface area contributed by atoms with E-state index >= 15 is 0 Å². The zero-order valence-electron chi connectivity index (χ0n) is 84.6. The number of nitrogens with one attached hydrogen (secondary N) is 8. The molecule has 12 N–H and O–H groups in total. The first-order valence-electron chi connectivity index (χ1n) is 48.9. The van der Waals surface area contributed by atoms with Crippen molar-refractivity contribution in [1.82, 2.24) is 24.2 Å². The summed E-state index contributed by atoms with van der Waals surface area (Å²) in [5, 5.41) is 56.0. The van der Waals surface area contributed by atoms with E-state index in [-0.39, 0.29) is 55.0 Å². The Morgan fingerprint density at radius 1 is 0.340 bits per heavy atom. The van der Waals surface area contributed by atoms with Crippen molar-refractivity contribution < 1.29 is 116 Å². The molecule has 17 rings (SSSR count). The van der Waals surface area contributed by atoms with Crippen molar-refractivity contribution in [1.29, 1.82) is 0 Å². The zero-order chi connectivity index (χ0) is 106. The molecule has 5 heterocycles. The number of rotatable bonds is 29. The third-order valence-corrected chi connectivity index (χ3v) is 32.3. The summed E-state index contributed by atoms with van der Waals surface area (Å²) in [5.41, 5.74) is 3.99. The molecule has 11 aromatic rings. The van der Waals surface area contributed by atoms with Gasteiger partial charge in [-0.3, -0.25) is 19.2 Å². The Bertz CT molecular complexity index is 7110. The highest BCUT2D eigenvalue weighted by Crippen LogP contribution is 2.48. The first-order chi connectivity index (χ1) is 69.7. The average Bonchev–Trinajstić information content (AvgIpc) is 1.04. The van der Waals surface area contributed by atoms with E-state index in [1.807, 2.05) is 41.5 Å². The highest BCUT2D eigenvalue weighted by atomic mass is 32.2. The van der Waals surface area contributed by atoms with E-state index in [1.165, 1.54) is 68.1 Å². The lowest BCUT2D eigenvalue weighted by Crippen LogP contribution is -2.53. The predicted molar refractivity (Wildman–Crippen MR) is 557 cm³/mol. The number of amides is 4. The second-order valence-corrected chi connectivity index (χ2v) is 45.3. The number of fused-ring (bicyclic) bond motifs is 5. The molecule has 147 heavy (non-hydrogen) atoms. The van der Waals surface area contributed by atoms with Crippen LogP contribution < -0.4 is 82.8 Å². The van der Waals surface area contributed by atoms with Crippen LogP contribution in [-0.2, 0) is 65.8 Å². The van der Waals surface area contributed by atoms with Crippen LogP contribution in [0, 0.1) is 0 Å². The highest BCUT2D eigenvalue weighted by molar-refractivity contribution is 7.90. The van der Waals surface area contributed by atoms with Crippen molar-refractivity contribution in [2.75, 3.05) is 43.1 Å². The molecule has 0 saturated heterocycles. The molecule has 5 aliphatic heterocycles. The van der Waals surface area contributed by atoms with E-state index in [9.17, 15) is 73.3 Å². The van der Waals surface area contributed by atoms with Gasteiger partial charge in [0.05, 0.1) is 69.8 Å². The Kier molecular flexibility index (Phi) is 34.1. The fraction of sp³-hybridized carbons (Fsp3) is 0.364. The van der Waals surface area contributed by atoms with Crippen LogP contribution in [0.2, 0.25) is 0 Å². The molecule has 0 radical (unpaired) electrons. The summed E-state index contributed by atoms with van der Waals surface area (Å²) in [6.07, 6.45) is 3.64. The van der Waals surface area contributed by atoms with Gasteiger partial charge in [0.25, 0.3) is 23.6 Å². The first kappa shape index (κ1) is 110. The maximum absolute atomic E-state index is 13.4. The van der Waals surface area contributed by atoms with Crippen molar-refractivity contribution in [2.24, 2.45) is 0 Å². The monoisotopic (exact) mass is 2090 g/mol. The molecule has 0 aromatic heterocycles. The average molecular weight is 2090 g/mol. The summed E-state index contributed by atoms with van der Waals surface area (Å²) in [5.74, 6) is 2.89. The van der Waals surface area contributed by atoms with Gasteiger partial charge in [0.2, 0.25) is 46.9 Å². The number of aliphatic hydroxyl groups excluding tert-OH is 4. The molecule has 0 unspecified atom stereocenters. The Morgan fingerprint density at radius 3 is 1.01 bits per heavy atom. The van der Waals surface area contributed by atoms with Crippen LogP contribution >= 0.6 is 0 Å². The molecular weight excluding hydrogens is 1960 g/mol. The normalized spacial score (nSPS) is 19.5. The minimum Gasteiger partial charge on any atom is -0.497 e. The van der Waals surface area contributed by atoms with Crippen molar-refractivity contribution >= 4 is 80.8 Å².